The molecule has 1 heterocycles. The first-order valence-corrected chi connectivity index (χ1v) is 7.47. The molecule has 3 atom stereocenters. The number of hydrogen-bond donors (Lipinski definition) is 2. The third-order valence-corrected chi connectivity index (χ3v) is 4.62. The minimum atomic E-state index is -3.30. The van der Waals surface area contributed by atoms with Crippen LogP contribution >= 0.6 is 0 Å². The van der Waals surface area contributed by atoms with Gasteiger partial charge in [-0.1, -0.05) is 6.92 Å². The molecule has 5 nitrogen and oxygen atoms in total. The Morgan fingerprint density at radius 1 is 1.50 bits per heavy atom. The van der Waals surface area contributed by atoms with Crippen molar-refractivity contribution in [3.05, 3.63) is 0 Å². The number of amides is 1. The van der Waals surface area contributed by atoms with Crippen LogP contribution in [0.15, 0.2) is 0 Å². The first-order chi connectivity index (χ1) is 7.32. The molecular formula is C10H20N2O3S. The van der Waals surface area contributed by atoms with Gasteiger partial charge in [-0.3, -0.25) is 4.79 Å². The summed E-state index contributed by atoms with van der Waals surface area (Å²) >= 11 is 0. The maximum absolute atomic E-state index is 11.7. The summed E-state index contributed by atoms with van der Waals surface area (Å²) in [5.74, 6) is -0.0503. The molecule has 0 bridgehead atoms. The fourth-order valence-corrected chi connectivity index (χ4v) is 2.18. The number of piperidine rings is 1. The Morgan fingerprint density at radius 3 is 2.62 bits per heavy atom. The molecule has 0 aromatic heterocycles. The standard InChI is InChI=1S/C10H20N2O3S/c1-7-6-11-5-4-9(7)12-10(13)8(2)16(3,14)15/h7-9,11H,4-6H2,1-3H3,(H,12,13). The molecule has 1 saturated heterocycles. The highest BCUT2D eigenvalue weighted by atomic mass is 32.2. The summed E-state index contributed by atoms with van der Waals surface area (Å²) in [6, 6.07) is 0.0814. The normalized spacial score (nSPS) is 28.4. The van der Waals surface area contributed by atoms with Gasteiger partial charge in [-0.05, 0) is 32.4 Å². The first kappa shape index (κ1) is 13.4. The Kier molecular flexibility index (Phi) is 4.32. The van der Waals surface area contributed by atoms with Gasteiger partial charge in [-0.15, -0.1) is 0 Å². The zero-order chi connectivity index (χ0) is 12.3. The second-order valence-electron chi connectivity index (χ2n) is 4.56. The van der Waals surface area contributed by atoms with Crippen molar-refractivity contribution in [2.24, 2.45) is 5.92 Å². The number of carbonyl (C=O) groups excluding carboxylic acids is 1. The van der Waals surface area contributed by atoms with E-state index in [0.717, 1.165) is 25.8 Å². The lowest BCUT2D eigenvalue weighted by Gasteiger charge is -2.30. The summed E-state index contributed by atoms with van der Waals surface area (Å²) in [6.07, 6.45) is 1.94. The highest BCUT2D eigenvalue weighted by Gasteiger charge is 2.28. The molecule has 0 radical (unpaired) electrons. The van der Waals surface area contributed by atoms with Gasteiger partial charge in [0.1, 0.15) is 5.25 Å². The largest absolute Gasteiger partial charge is 0.352 e. The van der Waals surface area contributed by atoms with Crippen LogP contribution in [0.1, 0.15) is 20.3 Å². The van der Waals surface area contributed by atoms with Crippen molar-refractivity contribution in [1.82, 2.24) is 10.6 Å². The molecule has 3 unspecified atom stereocenters. The fraction of sp³-hybridized carbons (Fsp3) is 0.900. The van der Waals surface area contributed by atoms with Gasteiger partial charge >= 0.3 is 0 Å². The lowest BCUT2D eigenvalue weighted by Crippen LogP contribution is -2.51. The van der Waals surface area contributed by atoms with Crippen molar-refractivity contribution >= 4 is 15.7 Å². The smallest absolute Gasteiger partial charge is 0.238 e. The van der Waals surface area contributed by atoms with Crippen LogP contribution in [0, 0.1) is 5.92 Å². The highest BCUT2D eigenvalue weighted by Crippen LogP contribution is 2.11. The average molecular weight is 248 g/mol. The molecule has 0 saturated carbocycles. The maximum Gasteiger partial charge on any atom is 0.238 e. The van der Waals surface area contributed by atoms with Crippen LogP contribution in [-0.2, 0) is 14.6 Å². The van der Waals surface area contributed by atoms with Gasteiger partial charge < -0.3 is 10.6 Å². The Labute approximate surface area is 96.9 Å². The van der Waals surface area contributed by atoms with Crippen LogP contribution in [0.25, 0.3) is 0 Å². The van der Waals surface area contributed by atoms with Crippen LogP contribution in [0.5, 0.6) is 0 Å². The lowest BCUT2D eigenvalue weighted by molar-refractivity contribution is -0.121. The van der Waals surface area contributed by atoms with Crippen molar-refractivity contribution in [3.8, 4) is 0 Å². The quantitative estimate of drug-likeness (QED) is 0.708. The molecule has 0 aromatic carbocycles. The first-order valence-electron chi connectivity index (χ1n) is 5.52. The molecule has 1 aliphatic rings. The van der Waals surface area contributed by atoms with Crippen molar-refractivity contribution in [1.29, 1.82) is 0 Å². The molecule has 1 rings (SSSR count). The van der Waals surface area contributed by atoms with Gasteiger partial charge in [0.05, 0.1) is 0 Å². The number of rotatable bonds is 3. The predicted molar refractivity (Wildman–Crippen MR) is 62.9 cm³/mol. The Balaban J connectivity index is 2.57. The van der Waals surface area contributed by atoms with E-state index in [1.54, 1.807) is 0 Å². The van der Waals surface area contributed by atoms with E-state index in [0.29, 0.717) is 5.92 Å². The van der Waals surface area contributed by atoms with E-state index in [2.05, 4.69) is 10.6 Å². The monoisotopic (exact) mass is 248 g/mol. The van der Waals surface area contributed by atoms with Crippen molar-refractivity contribution < 1.29 is 13.2 Å². The van der Waals surface area contributed by atoms with E-state index in [-0.39, 0.29) is 11.9 Å². The van der Waals surface area contributed by atoms with Gasteiger partial charge in [-0.25, -0.2) is 8.42 Å². The maximum atomic E-state index is 11.7. The number of carbonyl (C=O) groups is 1. The summed E-state index contributed by atoms with van der Waals surface area (Å²) in [5.41, 5.74) is 0. The molecule has 0 spiro atoms. The van der Waals surface area contributed by atoms with Crippen LogP contribution < -0.4 is 10.6 Å². The topological polar surface area (TPSA) is 75.3 Å². The number of sulfone groups is 1. The molecule has 94 valence electrons. The van der Waals surface area contributed by atoms with Gasteiger partial charge in [-0.2, -0.15) is 0 Å². The fourth-order valence-electron chi connectivity index (χ4n) is 1.72. The molecule has 1 fully saturated rings. The molecule has 1 amide bonds. The number of nitrogens with one attached hydrogen (secondary N) is 2. The lowest BCUT2D eigenvalue weighted by atomic mass is 9.95. The molecule has 6 heteroatoms. The predicted octanol–water partition coefficient (Wildman–Crippen LogP) is -0.466. The molecule has 1 aliphatic heterocycles. The Hall–Kier alpha value is -0.620. The van der Waals surface area contributed by atoms with Crippen molar-refractivity contribution in [3.63, 3.8) is 0 Å². The van der Waals surface area contributed by atoms with E-state index in [1.165, 1.54) is 6.92 Å². The van der Waals surface area contributed by atoms with Crippen LogP contribution in [0.4, 0.5) is 0 Å². The third-order valence-electron chi connectivity index (χ3n) is 3.12. The van der Waals surface area contributed by atoms with Crippen LogP contribution in [0.2, 0.25) is 0 Å². The Morgan fingerprint density at radius 2 is 2.12 bits per heavy atom. The summed E-state index contributed by atoms with van der Waals surface area (Å²) < 4.78 is 22.4. The van der Waals surface area contributed by atoms with E-state index in [1.807, 2.05) is 6.92 Å². The van der Waals surface area contributed by atoms with E-state index in [4.69, 9.17) is 0 Å². The van der Waals surface area contributed by atoms with Crippen molar-refractivity contribution in [2.45, 2.75) is 31.6 Å². The third kappa shape index (κ3) is 3.45. The van der Waals surface area contributed by atoms with Gasteiger partial charge in [0, 0.05) is 12.3 Å². The number of hydrogen-bond acceptors (Lipinski definition) is 4. The second kappa shape index (κ2) is 5.14. The zero-order valence-electron chi connectivity index (χ0n) is 9.99. The van der Waals surface area contributed by atoms with Gasteiger partial charge in [0.15, 0.2) is 9.84 Å². The summed E-state index contributed by atoms with van der Waals surface area (Å²) in [6.45, 7) is 5.19. The summed E-state index contributed by atoms with van der Waals surface area (Å²) in [5, 5.41) is 5.08. The molecular weight excluding hydrogens is 228 g/mol. The minimum Gasteiger partial charge on any atom is -0.352 e. The van der Waals surface area contributed by atoms with Gasteiger partial charge in [0.25, 0.3) is 0 Å². The van der Waals surface area contributed by atoms with Gasteiger partial charge in [0.2, 0.25) is 5.91 Å². The van der Waals surface area contributed by atoms with E-state index in [9.17, 15) is 13.2 Å². The molecule has 16 heavy (non-hydrogen) atoms. The summed E-state index contributed by atoms with van der Waals surface area (Å²) in [4.78, 5) is 11.7. The zero-order valence-corrected chi connectivity index (χ0v) is 10.8. The molecule has 0 aromatic rings. The van der Waals surface area contributed by atoms with E-state index >= 15 is 0 Å². The highest BCUT2D eigenvalue weighted by molar-refractivity contribution is 7.92. The van der Waals surface area contributed by atoms with Crippen molar-refractivity contribution in [2.75, 3.05) is 19.3 Å². The van der Waals surface area contributed by atoms with Crippen LogP contribution in [-0.4, -0.2) is 45.0 Å². The van der Waals surface area contributed by atoms with E-state index < -0.39 is 15.1 Å². The minimum absolute atomic E-state index is 0.0814. The SMILES string of the molecule is CC1CNCCC1NC(=O)C(C)S(C)(=O)=O. The van der Waals surface area contributed by atoms with Crippen LogP contribution in [0.3, 0.4) is 0 Å². The summed E-state index contributed by atoms with van der Waals surface area (Å²) in [7, 11) is -3.30. The Bertz CT molecular complexity index is 353. The second-order valence-corrected chi connectivity index (χ2v) is 6.92. The molecule has 0 aliphatic carbocycles. The average Bonchev–Trinajstić information content (AvgIpc) is 2.19. The molecule has 2 N–H and O–H groups in total.